The van der Waals surface area contributed by atoms with Crippen molar-refractivity contribution in [3.05, 3.63) is 40.9 Å². The lowest BCUT2D eigenvalue weighted by Gasteiger charge is -2.20. The van der Waals surface area contributed by atoms with Gasteiger partial charge >= 0.3 is 0 Å². The number of benzene rings is 2. The van der Waals surface area contributed by atoms with Crippen LogP contribution in [0.4, 0.5) is 5.69 Å². The second kappa shape index (κ2) is 8.41. The van der Waals surface area contributed by atoms with Crippen molar-refractivity contribution in [2.45, 2.75) is 33.4 Å². The Bertz CT molecular complexity index is 764. The van der Waals surface area contributed by atoms with Gasteiger partial charge in [0.25, 0.3) is 0 Å². The summed E-state index contributed by atoms with van der Waals surface area (Å²) in [6.45, 7) is 8.16. The first kappa shape index (κ1) is 18.5. The molecule has 0 spiro atoms. The van der Waals surface area contributed by atoms with Gasteiger partial charge in [-0.05, 0) is 50.6 Å². The van der Waals surface area contributed by atoms with Crippen molar-refractivity contribution in [2.75, 3.05) is 25.1 Å². The Morgan fingerprint density at radius 3 is 2.62 bits per heavy atom. The smallest absolute Gasteiger partial charge is 0.180 e. The van der Waals surface area contributed by atoms with Gasteiger partial charge in [-0.15, -0.1) is 0 Å². The molecule has 26 heavy (non-hydrogen) atoms. The molecule has 0 saturated heterocycles. The van der Waals surface area contributed by atoms with Crippen LogP contribution >= 0.6 is 11.6 Å². The summed E-state index contributed by atoms with van der Waals surface area (Å²) >= 11 is 6.42. The number of halogens is 1. The van der Waals surface area contributed by atoms with Crippen LogP contribution in [-0.2, 0) is 6.54 Å². The molecule has 0 aliphatic carbocycles. The van der Waals surface area contributed by atoms with E-state index in [1.807, 2.05) is 51.1 Å². The fourth-order valence-corrected chi connectivity index (χ4v) is 2.97. The minimum atomic E-state index is 0.0217. The van der Waals surface area contributed by atoms with E-state index in [0.717, 1.165) is 22.7 Å². The van der Waals surface area contributed by atoms with E-state index in [9.17, 15) is 0 Å². The van der Waals surface area contributed by atoms with Crippen molar-refractivity contribution >= 4 is 17.3 Å². The quantitative estimate of drug-likeness (QED) is 0.743. The molecule has 1 aliphatic rings. The Kier molecular flexibility index (Phi) is 5.99. The lowest BCUT2D eigenvalue weighted by Crippen LogP contribution is -2.15. The SMILES string of the molecule is CCOc1cc(CNc2ccc3c(c2)OCCO3)cc(Cl)c1OC(C)C. The van der Waals surface area contributed by atoms with Crippen molar-refractivity contribution in [1.82, 2.24) is 0 Å². The summed E-state index contributed by atoms with van der Waals surface area (Å²) in [7, 11) is 0. The van der Waals surface area contributed by atoms with E-state index in [0.29, 0.717) is 42.9 Å². The fraction of sp³-hybridized carbons (Fsp3) is 0.400. The van der Waals surface area contributed by atoms with Crippen LogP contribution in [-0.4, -0.2) is 25.9 Å². The minimum Gasteiger partial charge on any atom is -0.490 e. The Hall–Kier alpha value is -2.27. The van der Waals surface area contributed by atoms with Gasteiger partial charge in [0.2, 0.25) is 0 Å². The third-order valence-electron chi connectivity index (χ3n) is 3.76. The molecule has 140 valence electrons. The topological polar surface area (TPSA) is 49.0 Å². The monoisotopic (exact) mass is 377 g/mol. The van der Waals surface area contributed by atoms with Gasteiger partial charge in [0.15, 0.2) is 23.0 Å². The number of rotatable bonds is 7. The average molecular weight is 378 g/mol. The molecule has 6 heteroatoms. The summed E-state index contributed by atoms with van der Waals surface area (Å²) in [6, 6.07) is 9.67. The van der Waals surface area contributed by atoms with E-state index in [1.165, 1.54) is 0 Å². The van der Waals surface area contributed by atoms with E-state index in [-0.39, 0.29) is 6.10 Å². The summed E-state index contributed by atoms with van der Waals surface area (Å²) in [4.78, 5) is 0. The third-order valence-corrected chi connectivity index (χ3v) is 4.04. The number of fused-ring (bicyclic) bond motifs is 1. The van der Waals surface area contributed by atoms with Crippen LogP contribution in [0.5, 0.6) is 23.0 Å². The van der Waals surface area contributed by atoms with Gasteiger partial charge < -0.3 is 24.3 Å². The molecule has 0 saturated carbocycles. The summed E-state index contributed by atoms with van der Waals surface area (Å²) in [6.07, 6.45) is 0.0217. The van der Waals surface area contributed by atoms with Gasteiger partial charge in [0.1, 0.15) is 13.2 Å². The van der Waals surface area contributed by atoms with E-state index in [4.69, 9.17) is 30.5 Å². The van der Waals surface area contributed by atoms with Crippen LogP contribution in [0, 0.1) is 0 Å². The van der Waals surface area contributed by atoms with Gasteiger partial charge in [-0.2, -0.15) is 0 Å². The van der Waals surface area contributed by atoms with Crippen molar-refractivity contribution in [1.29, 1.82) is 0 Å². The highest BCUT2D eigenvalue weighted by molar-refractivity contribution is 6.32. The van der Waals surface area contributed by atoms with Crippen LogP contribution in [0.2, 0.25) is 5.02 Å². The van der Waals surface area contributed by atoms with Crippen LogP contribution < -0.4 is 24.3 Å². The minimum absolute atomic E-state index is 0.0217. The molecule has 0 unspecified atom stereocenters. The highest BCUT2D eigenvalue weighted by Gasteiger charge is 2.15. The zero-order chi connectivity index (χ0) is 18.5. The third kappa shape index (κ3) is 4.47. The highest BCUT2D eigenvalue weighted by Crippen LogP contribution is 2.38. The number of ether oxygens (including phenoxy) is 4. The second-order valence-electron chi connectivity index (χ2n) is 6.22. The zero-order valence-electron chi connectivity index (χ0n) is 15.3. The maximum absolute atomic E-state index is 6.42. The fourth-order valence-electron chi connectivity index (χ4n) is 2.69. The molecule has 0 atom stereocenters. The Morgan fingerprint density at radius 2 is 1.88 bits per heavy atom. The molecule has 2 aromatic carbocycles. The normalized spacial score (nSPS) is 12.8. The summed E-state index contributed by atoms with van der Waals surface area (Å²) < 4.78 is 22.7. The van der Waals surface area contributed by atoms with Gasteiger partial charge in [0.05, 0.1) is 17.7 Å². The largest absolute Gasteiger partial charge is 0.490 e. The van der Waals surface area contributed by atoms with Gasteiger partial charge in [0, 0.05) is 18.3 Å². The van der Waals surface area contributed by atoms with E-state index < -0.39 is 0 Å². The lowest BCUT2D eigenvalue weighted by atomic mass is 10.2. The zero-order valence-corrected chi connectivity index (χ0v) is 16.1. The summed E-state index contributed by atoms with van der Waals surface area (Å²) in [5.74, 6) is 2.79. The maximum Gasteiger partial charge on any atom is 0.180 e. The predicted octanol–water partition coefficient (Wildman–Crippen LogP) is 4.91. The van der Waals surface area contributed by atoms with Crippen LogP contribution in [0.15, 0.2) is 30.3 Å². The number of hydrogen-bond acceptors (Lipinski definition) is 5. The molecule has 1 N–H and O–H groups in total. The molecule has 0 fully saturated rings. The van der Waals surface area contributed by atoms with E-state index in [2.05, 4.69) is 5.32 Å². The first-order chi connectivity index (χ1) is 12.6. The molecule has 3 rings (SSSR count). The molecule has 5 nitrogen and oxygen atoms in total. The highest BCUT2D eigenvalue weighted by atomic mass is 35.5. The first-order valence-corrected chi connectivity index (χ1v) is 9.20. The van der Waals surface area contributed by atoms with E-state index >= 15 is 0 Å². The molecule has 2 aromatic rings. The van der Waals surface area contributed by atoms with E-state index in [1.54, 1.807) is 0 Å². The Balaban J connectivity index is 1.75. The molecule has 0 bridgehead atoms. The number of nitrogens with one attached hydrogen (secondary N) is 1. The standard InChI is InChI=1S/C20H24ClNO4/c1-4-23-19-10-14(9-16(21)20(19)26-13(2)3)12-22-15-5-6-17-18(11-15)25-8-7-24-17/h5-6,9-11,13,22H,4,7-8,12H2,1-3H3. The first-order valence-electron chi connectivity index (χ1n) is 8.82. The lowest BCUT2D eigenvalue weighted by molar-refractivity contribution is 0.171. The summed E-state index contributed by atoms with van der Waals surface area (Å²) in [5.41, 5.74) is 1.95. The number of anilines is 1. The average Bonchev–Trinajstić information content (AvgIpc) is 2.62. The van der Waals surface area contributed by atoms with Crippen LogP contribution in [0.3, 0.4) is 0 Å². The van der Waals surface area contributed by atoms with Gasteiger partial charge in [-0.1, -0.05) is 11.6 Å². The molecule has 0 radical (unpaired) electrons. The molecule has 0 aromatic heterocycles. The van der Waals surface area contributed by atoms with Crippen LogP contribution in [0.1, 0.15) is 26.3 Å². The predicted molar refractivity (Wildman–Crippen MR) is 103 cm³/mol. The Labute approximate surface area is 159 Å². The molecular formula is C20H24ClNO4. The summed E-state index contributed by atoms with van der Waals surface area (Å²) in [5, 5.41) is 3.92. The second-order valence-corrected chi connectivity index (χ2v) is 6.62. The molecule has 0 amide bonds. The number of hydrogen-bond donors (Lipinski definition) is 1. The van der Waals surface area contributed by atoms with Crippen molar-refractivity contribution in [2.24, 2.45) is 0 Å². The van der Waals surface area contributed by atoms with Gasteiger partial charge in [-0.25, -0.2) is 0 Å². The Morgan fingerprint density at radius 1 is 1.12 bits per heavy atom. The molecule has 1 aliphatic heterocycles. The van der Waals surface area contributed by atoms with Crippen molar-refractivity contribution < 1.29 is 18.9 Å². The van der Waals surface area contributed by atoms with Crippen molar-refractivity contribution in [3.63, 3.8) is 0 Å². The van der Waals surface area contributed by atoms with Gasteiger partial charge in [-0.3, -0.25) is 0 Å². The van der Waals surface area contributed by atoms with Crippen LogP contribution in [0.25, 0.3) is 0 Å². The van der Waals surface area contributed by atoms with Crippen molar-refractivity contribution in [3.8, 4) is 23.0 Å². The maximum atomic E-state index is 6.42. The molecule has 1 heterocycles. The molecular weight excluding hydrogens is 354 g/mol.